The van der Waals surface area contributed by atoms with Crippen LogP contribution in [0.1, 0.15) is 59.3 Å². The minimum atomic E-state index is 0.491. The lowest BCUT2D eigenvalue weighted by Crippen LogP contribution is -2.39. The normalized spacial score (nSPS) is 37.2. The van der Waals surface area contributed by atoms with Gasteiger partial charge < -0.3 is 5.32 Å². The van der Waals surface area contributed by atoms with Crippen molar-refractivity contribution in [3.63, 3.8) is 0 Å². The first-order chi connectivity index (χ1) is 8.69. The molecule has 2 nitrogen and oxygen atoms in total. The molecule has 1 aliphatic heterocycles. The van der Waals surface area contributed by atoms with Gasteiger partial charge in [0, 0.05) is 11.8 Å². The summed E-state index contributed by atoms with van der Waals surface area (Å²) in [5.74, 6) is 2.94. The van der Waals surface area contributed by atoms with E-state index in [4.69, 9.17) is 4.99 Å². The average Bonchev–Trinajstić information content (AvgIpc) is 2.37. The molecule has 0 radical (unpaired) electrons. The van der Waals surface area contributed by atoms with Crippen LogP contribution in [0.25, 0.3) is 0 Å². The molecule has 1 N–H and O–H groups in total. The molecule has 0 saturated heterocycles. The number of thioether (sulfide) groups is 1. The van der Waals surface area contributed by atoms with E-state index in [2.05, 4.69) is 26.1 Å². The van der Waals surface area contributed by atoms with Gasteiger partial charge in [0.1, 0.15) is 0 Å². The molecule has 2 atom stereocenters. The van der Waals surface area contributed by atoms with Crippen molar-refractivity contribution in [1.82, 2.24) is 5.32 Å². The van der Waals surface area contributed by atoms with Crippen LogP contribution < -0.4 is 5.32 Å². The van der Waals surface area contributed by atoms with Gasteiger partial charge in [-0.3, -0.25) is 4.99 Å². The Bertz CT molecular complexity index is 282. The molecule has 0 aromatic heterocycles. The largest absolute Gasteiger partial charge is 0.362 e. The van der Waals surface area contributed by atoms with Crippen molar-refractivity contribution in [2.24, 2.45) is 16.8 Å². The molecule has 1 saturated carbocycles. The number of amidine groups is 1. The van der Waals surface area contributed by atoms with Crippen molar-refractivity contribution >= 4 is 16.9 Å². The summed E-state index contributed by atoms with van der Waals surface area (Å²) >= 11 is 1.92. The van der Waals surface area contributed by atoms with Gasteiger partial charge in [-0.2, -0.15) is 0 Å². The maximum Gasteiger partial charge on any atom is 0.157 e. The maximum absolute atomic E-state index is 4.78. The van der Waals surface area contributed by atoms with Crippen LogP contribution >= 0.6 is 11.8 Å². The van der Waals surface area contributed by atoms with Crippen molar-refractivity contribution in [2.75, 3.05) is 5.75 Å². The Morgan fingerprint density at radius 1 is 1.22 bits per heavy atom. The highest BCUT2D eigenvalue weighted by Gasteiger charge is 2.24. The van der Waals surface area contributed by atoms with Gasteiger partial charge in [0.2, 0.25) is 0 Å². The molecule has 3 heteroatoms. The molecule has 104 valence electrons. The number of nitrogens with one attached hydrogen (secondary N) is 1. The van der Waals surface area contributed by atoms with Crippen LogP contribution in [-0.4, -0.2) is 23.0 Å². The molecular formula is C15H28N2S. The molecule has 0 spiro atoms. The highest BCUT2D eigenvalue weighted by molar-refractivity contribution is 8.13. The zero-order chi connectivity index (χ0) is 13.0. The smallest absolute Gasteiger partial charge is 0.157 e. The van der Waals surface area contributed by atoms with Crippen molar-refractivity contribution in [3.05, 3.63) is 0 Å². The SMILES string of the molecule is CCCC1CCC(NC2=NC(C)C(C)CS2)CC1. The molecule has 0 aromatic rings. The van der Waals surface area contributed by atoms with Crippen molar-refractivity contribution in [1.29, 1.82) is 0 Å². The van der Waals surface area contributed by atoms with E-state index in [1.54, 1.807) is 0 Å². The number of rotatable bonds is 3. The van der Waals surface area contributed by atoms with Gasteiger partial charge in [-0.05, 0) is 44.4 Å². The molecule has 0 amide bonds. The quantitative estimate of drug-likeness (QED) is 0.834. The van der Waals surface area contributed by atoms with Crippen molar-refractivity contribution < 1.29 is 0 Å². The Hall–Kier alpha value is -0.180. The van der Waals surface area contributed by atoms with E-state index >= 15 is 0 Å². The summed E-state index contributed by atoms with van der Waals surface area (Å²) in [4.78, 5) is 4.78. The highest BCUT2D eigenvalue weighted by Crippen LogP contribution is 2.29. The lowest BCUT2D eigenvalue weighted by atomic mass is 9.83. The third-order valence-electron chi connectivity index (χ3n) is 4.50. The molecule has 1 fully saturated rings. The average molecular weight is 268 g/mol. The fraction of sp³-hybridized carbons (Fsp3) is 0.933. The first kappa shape index (κ1) is 14.2. The van der Waals surface area contributed by atoms with E-state index in [0.29, 0.717) is 12.1 Å². The second-order valence-electron chi connectivity index (χ2n) is 6.11. The van der Waals surface area contributed by atoms with Crippen LogP contribution in [0.2, 0.25) is 0 Å². The Morgan fingerprint density at radius 2 is 1.94 bits per heavy atom. The molecule has 0 bridgehead atoms. The summed E-state index contributed by atoms with van der Waals surface area (Å²) in [6, 6.07) is 1.18. The van der Waals surface area contributed by atoms with Crippen LogP contribution in [-0.2, 0) is 0 Å². The van der Waals surface area contributed by atoms with E-state index in [9.17, 15) is 0 Å². The standard InChI is InChI=1S/C15H28N2S/c1-4-5-13-6-8-14(9-7-13)17-15-16-12(3)11(2)10-18-15/h11-14H,4-10H2,1-3H3,(H,16,17). The van der Waals surface area contributed by atoms with Crippen LogP contribution in [0, 0.1) is 11.8 Å². The molecule has 18 heavy (non-hydrogen) atoms. The third kappa shape index (κ3) is 3.91. The van der Waals surface area contributed by atoms with E-state index in [-0.39, 0.29) is 0 Å². The minimum Gasteiger partial charge on any atom is -0.362 e. The first-order valence-electron chi connectivity index (χ1n) is 7.66. The van der Waals surface area contributed by atoms with Gasteiger partial charge in [0.05, 0.1) is 6.04 Å². The summed E-state index contributed by atoms with van der Waals surface area (Å²) in [7, 11) is 0. The minimum absolute atomic E-state index is 0.491. The second-order valence-corrected chi connectivity index (χ2v) is 7.12. The Labute approximate surface area is 116 Å². The topological polar surface area (TPSA) is 24.4 Å². The number of hydrogen-bond donors (Lipinski definition) is 1. The lowest BCUT2D eigenvalue weighted by Gasteiger charge is -2.31. The number of nitrogens with zero attached hydrogens (tertiary/aromatic N) is 1. The van der Waals surface area contributed by atoms with Gasteiger partial charge in [-0.25, -0.2) is 0 Å². The van der Waals surface area contributed by atoms with Crippen LogP contribution in [0.3, 0.4) is 0 Å². The summed E-state index contributed by atoms with van der Waals surface area (Å²) in [5.41, 5.74) is 0. The van der Waals surface area contributed by atoms with Crippen LogP contribution in [0.4, 0.5) is 0 Å². The van der Waals surface area contributed by atoms with Gasteiger partial charge in [-0.15, -0.1) is 0 Å². The van der Waals surface area contributed by atoms with E-state index in [1.165, 1.54) is 49.4 Å². The lowest BCUT2D eigenvalue weighted by molar-refractivity contribution is 0.296. The summed E-state index contributed by atoms with van der Waals surface area (Å²) < 4.78 is 0. The van der Waals surface area contributed by atoms with Crippen LogP contribution in [0.5, 0.6) is 0 Å². The van der Waals surface area contributed by atoms with Gasteiger partial charge in [0.25, 0.3) is 0 Å². The summed E-state index contributed by atoms with van der Waals surface area (Å²) in [6.45, 7) is 6.85. The number of aliphatic imine (C=N–C) groups is 1. The molecule has 2 unspecified atom stereocenters. The van der Waals surface area contributed by atoms with Crippen molar-refractivity contribution in [2.45, 2.75) is 71.4 Å². The zero-order valence-electron chi connectivity index (χ0n) is 12.1. The second kappa shape index (κ2) is 6.83. The molecule has 1 aliphatic carbocycles. The fourth-order valence-corrected chi connectivity index (χ4v) is 4.15. The van der Waals surface area contributed by atoms with Crippen molar-refractivity contribution in [3.8, 4) is 0 Å². The fourth-order valence-electron chi connectivity index (χ4n) is 2.96. The monoisotopic (exact) mass is 268 g/mol. The van der Waals surface area contributed by atoms with Gasteiger partial charge in [0.15, 0.2) is 5.17 Å². The number of hydrogen-bond acceptors (Lipinski definition) is 3. The Balaban J connectivity index is 1.76. The van der Waals surface area contributed by atoms with E-state index in [0.717, 1.165) is 11.8 Å². The first-order valence-corrected chi connectivity index (χ1v) is 8.64. The summed E-state index contributed by atoms with van der Waals surface area (Å²) in [6.07, 6.45) is 8.28. The Morgan fingerprint density at radius 3 is 2.56 bits per heavy atom. The highest BCUT2D eigenvalue weighted by atomic mass is 32.2. The van der Waals surface area contributed by atoms with Crippen LogP contribution in [0.15, 0.2) is 4.99 Å². The van der Waals surface area contributed by atoms with Gasteiger partial charge in [-0.1, -0.05) is 38.5 Å². The molecule has 2 aliphatic rings. The van der Waals surface area contributed by atoms with E-state index in [1.807, 2.05) is 11.8 Å². The predicted octanol–water partition coefficient (Wildman–Crippen LogP) is 4.06. The van der Waals surface area contributed by atoms with E-state index < -0.39 is 0 Å². The Kier molecular flexibility index (Phi) is 5.40. The third-order valence-corrected chi connectivity index (χ3v) is 5.69. The van der Waals surface area contributed by atoms with Gasteiger partial charge >= 0.3 is 0 Å². The molecule has 1 heterocycles. The maximum atomic E-state index is 4.78. The zero-order valence-corrected chi connectivity index (χ0v) is 12.9. The predicted molar refractivity (Wildman–Crippen MR) is 82.3 cm³/mol. The summed E-state index contributed by atoms with van der Waals surface area (Å²) in [5, 5.41) is 4.89. The molecule has 2 rings (SSSR count). The molecule has 0 aromatic carbocycles. The molecular weight excluding hydrogens is 240 g/mol.